The highest BCUT2D eigenvalue weighted by Gasteiger charge is 2.32. The second-order valence-electron chi connectivity index (χ2n) is 5.04. The Labute approximate surface area is 117 Å². The number of hydrogen-bond donors (Lipinski definition) is 2. The molecule has 2 atom stereocenters. The molecular formula is C15H19NO4. The summed E-state index contributed by atoms with van der Waals surface area (Å²) in [6, 6.07) is 9.05. The number of carboxylic acid groups (broad SMARTS) is 1. The fourth-order valence-electron chi connectivity index (χ4n) is 2.52. The van der Waals surface area contributed by atoms with Gasteiger partial charge in [0.15, 0.2) is 0 Å². The molecule has 20 heavy (non-hydrogen) atoms. The van der Waals surface area contributed by atoms with Crippen molar-refractivity contribution in [2.24, 2.45) is 5.92 Å². The highest BCUT2D eigenvalue weighted by atomic mass is 16.5. The van der Waals surface area contributed by atoms with Crippen LogP contribution in [0, 0.1) is 5.92 Å². The molecule has 2 rings (SSSR count). The maximum absolute atomic E-state index is 11.7. The lowest BCUT2D eigenvalue weighted by atomic mass is 9.85. The first-order valence-corrected chi connectivity index (χ1v) is 6.87. The maximum atomic E-state index is 11.7. The van der Waals surface area contributed by atoms with Gasteiger partial charge in [0.2, 0.25) is 0 Å². The van der Waals surface area contributed by atoms with Crippen LogP contribution in [0.15, 0.2) is 30.3 Å². The average Bonchev–Trinajstić information content (AvgIpc) is 2.46. The van der Waals surface area contributed by atoms with Crippen molar-refractivity contribution in [3.05, 3.63) is 35.9 Å². The summed E-state index contributed by atoms with van der Waals surface area (Å²) in [5.41, 5.74) is 0.904. The summed E-state index contributed by atoms with van der Waals surface area (Å²) in [6.45, 7) is 0.192. The van der Waals surface area contributed by atoms with Gasteiger partial charge >= 0.3 is 12.1 Å². The number of rotatable bonds is 4. The molecule has 0 bridgehead atoms. The third-order valence-corrected chi connectivity index (χ3v) is 3.60. The Kier molecular flexibility index (Phi) is 4.98. The van der Waals surface area contributed by atoms with Crippen LogP contribution in [0.1, 0.15) is 31.2 Å². The molecule has 2 N–H and O–H groups in total. The molecule has 2 unspecified atom stereocenters. The second-order valence-corrected chi connectivity index (χ2v) is 5.04. The summed E-state index contributed by atoms with van der Waals surface area (Å²) in [6.07, 6.45) is 2.59. The molecule has 108 valence electrons. The molecule has 1 saturated carbocycles. The van der Waals surface area contributed by atoms with E-state index in [-0.39, 0.29) is 12.6 Å². The lowest BCUT2D eigenvalue weighted by Gasteiger charge is -2.28. The number of alkyl carbamates (subject to hydrolysis) is 1. The lowest BCUT2D eigenvalue weighted by Crippen LogP contribution is -2.45. The summed E-state index contributed by atoms with van der Waals surface area (Å²) in [5, 5.41) is 11.8. The Morgan fingerprint density at radius 1 is 1.20 bits per heavy atom. The number of carbonyl (C=O) groups excluding carboxylic acids is 1. The molecule has 0 spiro atoms. The van der Waals surface area contributed by atoms with Gasteiger partial charge in [-0.05, 0) is 18.4 Å². The number of hydrogen-bond acceptors (Lipinski definition) is 3. The minimum absolute atomic E-state index is 0.192. The van der Waals surface area contributed by atoms with Crippen LogP contribution in [0.4, 0.5) is 4.79 Å². The molecule has 0 aromatic heterocycles. The van der Waals surface area contributed by atoms with E-state index in [9.17, 15) is 9.59 Å². The molecule has 0 heterocycles. The van der Waals surface area contributed by atoms with Crippen molar-refractivity contribution in [1.29, 1.82) is 0 Å². The minimum atomic E-state index is -0.849. The summed E-state index contributed by atoms with van der Waals surface area (Å²) >= 11 is 0. The molecule has 0 saturated heterocycles. The normalized spacial score (nSPS) is 22.0. The van der Waals surface area contributed by atoms with Crippen LogP contribution in [0.5, 0.6) is 0 Å². The number of aliphatic carboxylic acids is 1. The molecule has 1 amide bonds. The molecule has 1 aliphatic carbocycles. The summed E-state index contributed by atoms with van der Waals surface area (Å²) < 4.78 is 5.12. The van der Waals surface area contributed by atoms with E-state index in [0.717, 1.165) is 18.4 Å². The van der Waals surface area contributed by atoms with Crippen molar-refractivity contribution >= 4 is 12.1 Å². The Hall–Kier alpha value is -2.04. The first-order chi connectivity index (χ1) is 9.66. The van der Waals surface area contributed by atoms with E-state index in [1.54, 1.807) is 0 Å². The fraction of sp³-hybridized carbons (Fsp3) is 0.467. The fourth-order valence-corrected chi connectivity index (χ4v) is 2.52. The third-order valence-electron chi connectivity index (χ3n) is 3.60. The van der Waals surface area contributed by atoms with Gasteiger partial charge in [-0.2, -0.15) is 0 Å². The second kappa shape index (κ2) is 6.93. The lowest BCUT2D eigenvalue weighted by molar-refractivity contribution is -0.143. The summed E-state index contributed by atoms with van der Waals surface area (Å²) in [7, 11) is 0. The first kappa shape index (κ1) is 14.4. The third kappa shape index (κ3) is 3.98. The van der Waals surface area contributed by atoms with E-state index >= 15 is 0 Å². The smallest absolute Gasteiger partial charge is 0.407 e. The van der Waals surface area contributed by atoms with Gasteiger partial charge < -0.3 is 15.2 Å². The number of ether oxygens (including phenoxy) is 1. The van der Waals surface area contributed by atoms with Crippen molar-refractivity contribution < 1.29 is 19.4 Å². The average molecular weight is 277 g/mol. The minimum Gasteiger partial charge on any atom is -0.481 e. The molecule has 1 fully saturated rings. The van der Waals surface area contributed by atoms with Gasteiger partial charge in [0.1, 0.15) is 6.61 Å². The standard InChI is InChI=1S/C15H19NO4/c17-14(18)12-8-4-5-9-13(12)16-15(19)20-10-11-6-2-1-3-7-11/h1-3,6-7,12-13H,4-5,8-10H2,(H,16,19)(H,17,18). The van der Waals surface area contributed by atoms with Gasteiger partial charge in [-0.3, -0.25) is 4.79 Å². The largest absolute Gasteiger partial charge is 0.481 e. The predicted molar refractivity (Wildman–Crippen MR) is 73.1 cm³/mol. The van der Waals surface area contributed by atoms with Gasteiger partial charge in [0.25, 0.3) is 0 Å². The van der Waals surface area contributed by atoms with Crippen LogP contribution in [-0.4, -0.2) is 23.2 Å². The number of carboxylic acids is 1. The van der Waals surface area contributed by atoms with Crippen LogP contribution < -0.4 is 5.32 Å². The number of benzene rings is 1. The molecule has 5 heteroatoms. The highest BCUT2D eigenvalue weighted by Crippen LogP contribution is 2.24. The Morgan fingerprint density at radius 3 is 2.60 bits per heavy atom. The number of nitrogens with one attached hydrogen (secondary N) is 1. The highest BCUT2D eigenvalue weighted by molar-refractivity contribution is 5.73. The van der Waals surface area contributed by atoms with Crippen molar-refractivity contribution in [3.8, 4) is 0 Å². The maximum Gasteiger partial charge on any atom is 0.407 e. The Morgan fingerprint density at radius 2 is 1.90 bits per heavy atom. The molecule has 1 aromatic rings. The van der Waals surface area contributed by atoms with Crippen LogP contribution in [-0.2, 0) is 16.1 Å². The summed E-state index contributed by atoms with van der Waals surface area (Å²) in [4.78, 5) is 22.9. The Balaban J connectivity index is 1.82. The Bertz CT molecular complexity index is 460. The number of carbonyl (C=O) groups is 2. The van der Waals surface area contributed by atoms with Crippen molar-refractivity contribution in [2.45, 2.75) is 38.3 Å². The molecule has 0 aliphatic heterocycles. The zero-order chi connectivity index (χ0) is 14.4. The molecular weight excluding hydrogens is 258 g/mol. The predicted octanol–water partition coefficient (Wildman–Crippen LogP) is 2.56. The number of amides is 1. The quantitative estimate of drug-likeness (QED) is 0.886. The molecule has 1 aliphatic rings. The van der Waals surface area contributed by atoms with Gasteiger partial charge in [0, 0.05) is 6.04 Å². The van der Waals surface area contributed by atoms with E-state index in [0.29, 0.717) is 12.8 Å². The topological polar surface area (TPSA) is 75.6 Å². The van der Waals surface area contributed by atoms with E-state index in [2.05, 4.69) is 5.32 Å². The van der Waals surface area contributed by atoms with Crippen molar-refractivity contribution in [2.75, 3.05) is 0 Å². The van der Waals surface area contributed by atoms with Crippen molar-refractivity contribution in [1.82, 2.24) is 5.32 Å². The van der Waals surface area contributed by atoms with Crippen molar-refractivity contribution in [3.63, 3.8) is 0 Å². The van der Waals surface area contributed by atoms with Gasteiger partial charge in [-0.15, -0.1) is 0 Å². The van der Waals surface area contributed by atoms with Gasteiger partial charge in [-0.25, -0.2) is 4.79 Å². The van der Waals surface area contributed by atoms with Crippen LogP contribution in [0.2, 0.25) is 0 Å². The monoisotopic (exact) mass is 277 g/mol. The molecule has 5 nitrogen and oxygen atoms in total. The van der Waals surface area contributed by atoms with Gasteiger partial charge in [-0.1, -0.05) is 43.2 Å². The van der Waals surface area contributed by atoms with Crippen LogP contribution in [0.25, 0.3) is 0 Å². The van der Waals surface area contributed by atoms with E-state index in [1.807, 2.05) is 30.3 Å². The molecule has 1 aromatic carbocycles. The summed E-state index contributed by atoms with van der Waals surface area (Å²) in [5.74, 6) is -1.36. The van der Waals surface area contributed by atoms with Crippen LogP contribution >= 0.6 is 0 Å². The zero-order valence-corrected chi connectivity index (χ0v) is 11.2. The zero-order valence-electron chi connectivity index (χ0n) is 11.2. The first-order valence-electron chi connectivity index (χ1n) is 6.87. The van der Waals surface area contributed by atoms with Gasteiger partial charge in [0.05, 0.1) is 5.92 Å². The molecule has 0 radical (unpaired) electrons. The van der Waals surface area contributed by atoms with E-state index in [4.69, 9.17) is 9.84 Å². The SMILES string of the molecule is O=C(NC1CCCCC1C(=O)O)OCc1ccccc1. The van der Waals surface area contributed by atoms with E-state index < -0.39 is 18.0 Å². The van der Waals surface area contributed by atoms with E-state index in [1.165, 1.54) is 0 Å². The van der Waals surface area contributed by atoms with Crippen LogP contribution in [0.3, 0.4) is 0 Å².